The number of hydrogen-bond donors (Lipinski definition) is 1. The summed E-state index contributed by atoms with van der Waals surface area (Å²) in [6, 6.07) is 1.27. The molecule has 0 radical (unpaired) electrons. The van der Waals surface area contributed by atoms with Crippen LogP contribution in [0.4, 0.5) is 0 Å². The van der Waals surface area contributed by atoms with Crippen LogP contribution in [0.3, 0.4) is 0 Å². The van der Waals surface area contributed by atoms with Crippen LogP contribution in [0.5, 0.6) is 0 Å². The standard InChI is InChI=1S/C14H26N2/c1-16(14-5-4-13(15)8-14)9-12-7-10-2-3-11(12)6-10/h10-14H,2-9,15H2,1H3. The Morgan fingerprint density at radius 3 is 2.50 bits per heavy atom. The molecule has 92 valence electrons. The molecule has 16 heavy (non-hydrogen) atoms. The first-order valence-electron chi connectivity index (χ1n) is 7.18. The molecule has 0 aromatic heterocycles. The van der Waals surface area contributed by atoms with Crippen LogP contribution in [0.1, 0.15) is 44.9 Å². The second-order valence-electron chi connectivity index (χ2n) is 6.60. The normalized spacial score (nSPS) is 47.1. The fourth-order valence-corrected chi connectivity index (χ4v) is 4.51. The molecule has 3 aliphatic rings. The lowest BCUT2D eigenvalue weighted by Crippen LogP contribution is -2.36. The average Bonchev–Trinajstić information content (AvgIpc) is 2.92. The Labute approximate surface area is 99.6 Å². The third kappa shape index (κ3) is 2.02. The van der Waals surface area contributed by atoms with Crippen LogP contribution in [-0.2, 0) is 0 Å². The average molecular weight is 222 g/mol. The highest BCUT2D eigenvalue weighted by Gasteiger charge is 2.40. The van der Waals surface area contributed by atoms with Crippen molar-refractivity contribution < 1.29 is 0 Å². The fraction of sp³-hybridized carbons (Fsp3) is 1.00. The van der Waals surface area contributed by atoms with E-state index in [9.17, 15) is 0 Å². The zero-order chi connectivity index (χ0) is 11.1. The molecule has 0 heterocycles. The zero-order valence-corrected chi connectivity index (χ0v) is 10.6. The summed E-state index contributed by atoms with van der Waals surface area (Å²) in [7, 11) is 2.33. The van der Waals surface area contributed by atoms with E-state index in [4.69, 9.17) is 5.73 Å². The predicted molar refractivity (Wildman–Crippen MR) is 67.2 cm³/mol. The summed E-state index contributed by atoms with van der Waals surface area (Å²) >= 11 is 0. The van der Waals surface area contributed by atoms with E-state index in [0.29, 0.717) is 6.04 Å². The number of nitrogens with zero attached hydrogens (tertiary/aromatic N) is 1. The maximum atomic E-state index is 6.00. The molecule has 2 heteroatoms. The van der Waals surface area contributed by atoms with Crippen molar-refractivity contribution in [1.29, 1.82) is 0 Å². The van der Waals surface area contributed by atoms with Crippen molar-refractivity contribution in [3.8, 4) is 0 Å². The maximum Gasteiger partial charge on any atom is 0.0108 e. The molecular formula is C14H26N2. The van der Waals surface area contributed by atoms with Crippen molar-refractivity contribution in [2.75, 3.05) is 13.6 Å². The molecule has 3 fully saturated rings. The minimum atomic E-state index is 0.479. The molecular weight excluding hydrogens is 196 g/mol. The third-order valence-corrected chi connectivity index (χ3v) is 5.48. The number of hydrogen-bond acceptors (Lipinski definition) is 2. The monoisotopic (exact) mass is 222 g/mol. The van der Waals surface area contributed by atoms with Gasteiger partial charge in [-0.1, -0.05) is 6.42 Å². The zero-order valence-electron chi connectivity index (χ0n) is 10.6. The molecule has 3 aliphatic carbocycles. The van der Waals surface area contributed by atoms with E-state index in [-0.39, 0.29) is 0 Å². The van der Waals surface area contributed by atoms with Gasteiger partial charge in [-0.3, -0.25) is 0 Å². The molecule has 0 aliphatic heterocycles. The van der Waals surface area contributed by atoms with Crippen LogP contribution in [0.15, 0.2) is 0 Å². The topological polar surface area (TPSA) is 29.3 Å². The van der Waals surface area contributed by atoms with Crippen molar-refractivity contribution in [3.05, 3.63) is 0 Å². The lowest BCUT2D eigenvalue weighted by molar-refractivity contribution is 0.173. The van der Waals surface area contributed by atoms with Gasteiger partial charge in [0.05, 0.1) is 0 Å². The van der Waals surface area contributed by atoms with Crippen molar-refractivity contribution in [3.63, 3.8) is 0 Å². The predicted octanol–water partition coefficient (Wildman–Crippen LogP) is 2.23. The summed E-state index contributed by atoms with van der Waals surface area (Å²) in [4.78, 5) is 2.62. The fourth-order valence-electron chi connectivity index (χ4n) is 4.51. The van der Waals surface area contributed by atoms with E-state index in [0.717, 1.165) is 23.8 Å². The van der Waals surface area contributed by atoms with Crippen LogP contribution in [0.2, 0.25) is 0 Å². The molecule has 3 saturated carbocycles. The SMILES string of the molecule is CN(CC1CC2CCC1C2)C1CCC(N)C1. The van der Waals surface area contributed by atoms with Gasteiger partial charge in [0, 0.05) is 18.6 Å². The highest BCUT2D eigenvalue weighted by atomic mass is 15.1. The molecule has 0 amide bonds. The van der Waals surface area contributed by atoms with Gasteiger partial charge in [-0.2, -0.15) is 0 Å². The molecule has 0 aromatic carbocycles. The Morgan fingerprint density at radius 2 is 1.94 bits per heavy atom. The molecule has 0 aromatic rings. The first kappa shape index (κ1) is 11.0. The van der Waals surface area contributed by atoms with Crippen molar-refractivity contribution >= 4 is 0 Å². The van der Waals surface area contributed by atoms with Gasteiger partial charge in [-0.25, -0.2) is 0 Å². The van der Waals surface area contributed by atoms with Crippen LogP contribution in [0, 0.1) is 17.8 Å². The van der Waals surface area contributed by atoms with Gasteiger partial charge in [0.2, 0.25) is 0 Å². The summed E-state index contributed by atoms with van der Waals surface area (Å²) in [5.74, 6) is 3.18. The van der Waals surface area contributed by atoms with Gasteiger partial charge < -0.3 is 10.6 Å². The third-order valence-electron chi connectivity index (χ3n) is 5.48. The second-order valence-corrected chi connectivity index (χ2v) is 6.60. The van der Waals surface area contributed by atoms with E-state index >= 15 is 0 Å². The van der Waals surface area contributed by atoms with Gasteiger partial charge in [-0.15, -0.1) is 0 Å². The van der Waals surface area contributed by atoms with Gasteiger partial charge in [0.25, 0.3) is 0 Å². The Morgan fingerprint density at radius 1 is 1.06 bits per heavy atom. The molecule has 5 atom stereocenters. The molecule has 2 nitrogen and oxygen atoms in total. The van der Waals surface area contributed by atoms with Crippen molar-refractivity contribution in [2.24, 2.45) is 23.5 Å². The first-order chi connectivity index (χ1) is 7.72. The van der Waals surface area contributed by atoms with Crippen LogP contribution < -0.4 is 5.73 Å². The number of nitrogens with two attached hydrogens (primary N) is 1. The molecule has 0 spiro atoms. The molecule has 2 N–H and O–H groups in total. The van der Waals surface area contributed by atoms with Gasteiger partial charge in [0.1, 0.15) is 0 Å². The number of fused-ring (bicyclic) bond motifs is 2. The van der Waals surface area contributed by atoms with Gasteiger partial charge in [0.15, 0.2) is 0 Å². The molecule has 0 saturated heterocycles. The van der Waals surface area contributed by atoms with E-state index in [1.165, 1.54) is 45.1 Å². The largest absolute Gasteiger partial charge is 0.328 e. The van der Waals surface area contributed by atoms with Crippen LogP contribution in [-0.4, -0.2) is 30.6 Å². The summed E-state index contributed by atoms with van der Waals surface area (Å²) in [5.41, 5.74) is 6.00. The van der Waals surface area contributed by atoms with Crippen LogP contribution >= 0.6 is 0 Å². The summed E-state index contributed by atoms with van der Waals surface area (Å²) in [5, 5.41) is 0. The highest BCUT2D eigenvalue weighted by Crippen LogP contribution is 2.48. The van der Waals surface area contributed by atoms with E-state index < -0.39 is 0 Å². The first-order valence-corrected chi connectivity index (χ1v) is 7.18. The Balaban J connectivity index is 1.51. The highest BCUT2D eigenvalue weighted by molar-refractivity contribution is 4.92. The van der Waals surface area contributed by atoms with Crippen LogP contribution in [0.25, 0.3) is 0 Å². The lowest BCUT2D eigenvalue weighted by atomic mass is 9.88. The smallest absolute Gasteiger partial charge is 0.0108 e. The number of rotatable bonds is 3. The minimum absolute atomic E-state index is 0.479. The van der Waals surface area contributed by atoms with E-state index in [1.54, 1.807) is 6.42 Å². The summed E-state index contributed by atoms with van der Waals surface area (Å²) in [6.07, 6.45) is 9.92. The minimum Gasteiger partial charge on any atom is -0.328 e. The Hall–Kier alpha value is -0.0800. The summed E-state index contributed by atoms with van der Waals surface area (Å²) < 4.78 is 0. The molecule has 3 rings (SSSR count). The van der Waals surface area contributed by atoms with Crippen molar-refractivity contribution in [2.45, 2.75) is 57.0 Å². The Kier molecular flexibility index (Phi) is 2.97. The summed E-state index contributed by atoms with van der Waals surface area (Å²) in [6.45, 7) is 1.35. The molecule has 2 bridgehead atoms. The second kappa shape index (κ2) is 4.30. The maximum absolute atomic E-state index is 6.00. The quantitative estimate of drug-likeness (QED) is 0.793. The Bertz CT molecular complexity index is 253. The molecule has 5 unspecified atom stereocenters. The van der Waals surface area contributed by atoms with E-state index in [1.807, 2.05) is 0 Å². The van der Waals surface area contributed by atoms with Gasteiger partial charge >= 0.3 is 0 Å². The van der Waals surface area contributed by atoms with E-state index in [2.05, 4.69) is 11.9 Å². The van der Waals surface area contributed by atoms with Crippen molar-refractivity contribution in [1.82, 2.24) is 4.90 Å². The van der Waals surface area contributed by atoms with Gasteiger partial charge in [-0.05, 0) is 63.3 Å². The lowest BCUT2D eigenvalue weighted by Gasteiger charge is -2.31.